The number of methoxy groups -OCH3 is 1. The van der Waals surface area contributed by atoms with Crippen LogP contribution in [-0.4, -0.2) is 19.6 Å². The van der Waals surface area contributed by atoms with Crippen molar-refractivity contribution in [1.82, 2.24) is 0 Å². The van der Waals surface area contributed by atoms with Gasteiger partial charge in [-0.25, -0.2) is 0 Å². The lowest BCUT2D eigenvalue weighted by Crippen LogP contribution is -2.09. The Morgan fingerprint density at radius 1 is 1.40 bits per heavy atom. The van der Waals surface area contributed by atoms with Gasteiger partial charge in [0.15, 0.2) is 0 Å². The van der Waals surface area contributed by atoms with E-state index in [0.29, 0.717) is 11.8 Å². The third kappa shape index (κ3) is 4.54. The molecule has 0 spiro atoms. The first-order valence-corrected chi connectivity index (χ1v) is 6.39. The molecule has 1 nitrogen and oxygen atoms in total. The zero-order valence-electron chi connectivity index (χ0n) is 8.88. The van der Waals surface area contributed by atoms with E-state index < -0.39 is 0 Å². The van der Waals surface area contributed by atoms with E-state index in [1.54, 1.807) is 7.11 Å². The van der Waals surface area contributed by atoms with Gasteiger partial charge < -0.3 is 4.74 Å². The SMILES string of the molecule is COCCC(CCl)Cc1ccccc1Br. The van der Waals surface area contributed by atoms with Gasteiger partial charge in [0.25, 0.3) is 0 Å². The monoisotopic (exact) mass is 290 g/mol. The van der Waals surface area contributed by atoms with Crippen LogP contribution in [0, 0.1) is 5.92 Å². The number of hydrogen-bond donors (Lipinski definition) is 0. The molecule has 15 heavy (non-hydrogen) atoms. The van der Waals surface area contributed by atoms with E-state index in [1.165, 1.54) is 5.56 Å². The van der Waals surface area contributed by atoms with Crippen molar-refractivity contribution in [2.45, 2.75) is 12.8 Å². The summed E-state index contributed by atoms with van der Waals surface area (Å²) in [7, 11) is 1.73. The van der Waals surface area contributed by atoms with Gasteiger partial charge in [0, 0.05) is 24.1 Å². The lowest BCUT2D eigenvalue weighted by atomic mass is 9.98. The summed E-state index contributed by atoms with van der Waals surface area (Å²) in [4.78, 5) is 0. The van der Waals surface area contributed by atoms with Crippen LogP contribution in [0.3, 0.4) is 0 Å². The average Bonchev–Trinajstić information content (AvgIpc) is 2.26. The zero-order valence-corrected chi connectivity index (χ0v) is 11.2. The third-order valence-electron chi connectivity index (χ3n) is 2.41. The molecule has 1 aromatic carbocycles. The number of benzene rings is 1. The van der Waals surface area contributed by atoms with Crippen LogP contribution in [0.25, 0.3) is 0 Å². The van der Waals surface area contributed by atoms with Gasteiger partial charge in [-0.3, -0.25) is 0 Å². The van der Waals surface area contributed by atoms with Crippen molar-refractivity contribution >= 4 is 27.5 Å². The standard InChI is InChI=1S/C12H16BrClO/c1-15-7-6-10(9-14)8-11-4-2-3-5-12(11)13/h2-5,10H,6-9H2,1H3. The van der Waals surface area contributed by atoms with Crippen molar-refractivity contribution in [2.75, 3.05) is 19.6 Å². The molecule has 1 unspecified atom stereocenters. The normalized spacial score (nSPS) is 12.7. The van der Waals surface area contributed by atoms with Crippen LogP contribution >= 0.6 is 27.5 Å². The van der Waals surface area contributed by atoms with E-state index in [9.17, 15) is 0 Å². The predicted molar refractivity (Wildman–Crippen MR) is 68.5 cm³/mol. The summed E-state index contributed by atoms with van der Waals surface area (Å²) in [6.07, 6.45) is 2.02. The maximum Gasteiger partial charge on any atom is 0.0465 e. The molecule has 0 bridgehead atoms. The summed E-state index contributed by atoms with van der Waals surface area (Å²) >= 11 is 9.48. The Morgan fingerprint density at radius 2 is 2.13 bits per heavy atom. The predicted octanol–water partition coefficient (Wildman–Crippen LogP) is 3.88. The van der Waals surface area contributed by atoms with E-state index >= 15 is 0 Å². The summed E-state index contributed by atoms with van der Waals surface area (Å²) in [5.74, 6) is 1.18. The van der Waals surface area contributed by atoms with Crippen molar-refractivity contribution in [3.63, 3.8) is 0 Å². The molecule has 0 amide bonds. The van der Waals surface area contributed by atoms with E-state index in [4.69, 9.17) is 16.3 Å². The minimum atomic E-state index is 0.491. The van der Waals surface area contributed by atoms with Gasteiger partial charge in [0.2, 0.25) is 0 Å². The van der Waals surface area contributed by atoms with Crippen LogP contribution in [0.4, 0.5) is 0 Å². The molecule has 0 fully saturated rings. The van der Waals surface area contributed by atoms with Gasteiger partial charge in [0.05, 0.1) is 0 Å². The Hall–Kier alpha value is -0.0500. The van der Waals surface area contributed by atoms with Crippen LogP contribution in [-0.2, 0) is 11.2 Å². The highest BCUT2D eigenvalue weighted by Crippen LogP contribution is 2.21. The minimum absolute atomic E-state index is 0.491. The maximum atomic E-state index is 5.93. The molecule has 1 atom stereocenters. The van der Waals surface area contributed by atoms with Crippen LogP contribution in [0.5, 0.6) is 0 Å². The number of rotatable bonds is 6. The molecule has 0 aromatic heterocycles. The van der Waals surface area contributed by atoms with Crippen LogP contribution in [0.2, 0.25) is 0 Å². The molecular weight excluding hydrogens is 275 g/mol. The Kier molecular flexibility index (Phi) is 6.30. The molecule has 0 aliphatic heterocycles. The average molecular weight is 292 g/mol. The first-order chi connectivity index (χ1) is 7.27. The Morgan fingerprint density at radius 3 is 2.73 bits per heavy atom. The van der Waals surface area contributed by atoms with Crippen molar-refractivity contribution < 1.29 is 4.74 Å². The fourth-order valence-corrected chi connectivity index (χ4v) is 2.20. The number of halogens is 2. The lowest BCUT2D eigenvalue weighted by molar-refractivity contribution is 0.180. The largest absolute Gasteiger partial charge is 0.385 e. The third-order valence-corrected chi connectivity index (χ3v) is 3.62. The van der Waals surface area contributed by atoms with Crippen molar-refractivity contribution in [3.8, 4) is 0 Å². The molecule has 0 N–H and O–H groups in total. The first kappa shape index (κ1) is 13.0. The van der Waals surface area contributed by atoms with Crippen LogP contribution < -0.4 is 0 Å². The summed E-state index contributed by atoms with van der Waals surface area (Å²) in [5, 5.41) is 0. The molecule has 1 aromatic rings. The summed E-state index contributed by atoms with van der Waals surface area (Å²) in [5.41, 5.74) is 1.32. The summed E-state index contributed by atoms with van der Waals surface area (Å²) < 4.78 is 6.24. The summed E-state index contributed by atoms with van der Waals surface area (Å²) in [6, 6.07) is 8.29. The van der Waals surface area contributed by atoms with Crippen LogP contribution in [0.1, 0.15) is 12.0 Å². The Balaban J connectivity index is 2.54. The van der Waals surface area contributed by atoms with Gasteiger partial charge in [-0.1, -0.05) is 34.1 Å². The first-order valence-electron chi connectivity index (χ1n) is 5.06. The van der Waals surface area contributed by atoms with Gasteiger partial charge in [0.1, 0.15) is 0 Å². The van der Waals surface area contributed by atoms with E-state index in [-0.39, 0.29) is 0 Å². The number of ether oxygens (including phenoxy) is 1. The van der Waals surface area contributed by atoms with Gasteiger partial charge >= 0.3 is 0 Å². The topological polar surface area (TPSA) is 9.23 Å². The second-order valence-electron chi connectivity index (χ2n) is 3.60. The van der Waals surface area contributed by atoms with E-state index in [0.717, 1.165) is 23.9 Å². The van der Waals surface area contributed by atoms with Crippen LogP contribution in [0.15, 0.2) is 28.7 Å². The molecule has 0 saturated heterocycles. The maximum absolute atomic E-state index is 5.93. The molecule has 0 saturated carbocycles. The zero-order chi connectivity index (χ0) is 11.1. The second kappa shape index (κ2) is 7.26. The number of hydrogen-bond acceptors (Lipinski definition) is 1. The smallest absolute Gasteiger partial charge is 0.0465 e. The van der Waals surface area contributed by atoms with Crippen molar-refractivity contribution in [3.05, 3.63) is 34.3 Å². The molecule has 1 rings (SSSR count). The molecule has 0 heterocycles. The molecule has 84 valence electrons. The van der Waals surface area contributed by atoms with Crippen molar-refractivity contribution in [1.29, 1.82) is 0 Å². The van der Waals surface area contributed by atoms with Gasteiger partial charge in [-0.05, 0) is 30.4 Å². The Bertz CT molecular complexity index is 291. The van der Waals surface area contributed by atoms with E-state index in [2.05, 4.69) is 34.1 Å². The Labute approximate surface area is 105 Å². The fraction of sp³-hybridized carbons (Fsp3) is 0.500. The second-order valence-corrected chi connectivity index (χ2v) is 4.76. The minimum Gasteiger partial charge on any atom is -0.385 e. The lowest BCUT2D eigenvalue weighted by Gasteiger charge is -2.14. The van der Waals surface area contributed by atoms with Crippen molar-refractivity contribution in [2.24, 2.45) is 5.92 Å². The highest BCUT2D eigenvalue weighted by Gasteiger charge is 2.09. The van der Waals surface area contributed by atoms with E-state index in [1.807, 2.05) is 6.07 Å². The highest BCUT2D eigenvalue weighted by molar-refractivity contribution is 9.10. The van der Waals surface area contributed by atoms with Gasteiger partial charge in [-0.2, -0.15) is 0 Å². The molecular formula is C12H16BrClO. The van der Waals surface area contributed by atoms with Gasteiger partial charge in [-0.15, -0.1) is 11.6 Å². The molecule has 0 aliphatic carbocycles. The summed E-state index contributed by atoms with van der Waals surface area (Å²) in [6.45, 7) is 0.780. The quantitative estimate of drug-likeness (QED) is 0.723. The number of alkyl halides is 1. The molecule has 0 aliphatic rings. The molecule has 3 heteroatoms. The fourth-order valence-electron chi connectivity index (χ4n) is 1.49. The molecule has 0 radical (unpaired) electrons. The highest BCUT2D eigenvalue weighted by atomic mass is 79.9.